The molecule has 0 aromatic carbocycles. The molecule has 0 bridgehead atoms. The summed E-state index contributed by atoms with van der Waals surface area (Å²) in [6, 6.07) is 2.31. The van der Waals surface area contributed by atoms with E-state index >= 15 is 0 Å². The van der Waals surface area contributed by atoms with E-state index in [1.165, 1.54) is 32.1 Å². The molecular formula is C14H21NOS. The fourth-order valence-electron chi connectivity index (χ4n) is 2.68. The first-order chi connectivity index (χ1) is 8.31. The van der Waals surface area contributed by atoms with Gasteiger partial charge < -0.3 is 5.32 Å². The summed E-state index contributed by atoms with van der Waals surface area (Å²) in [5.74, 6) is 0.817. The first-order valence-electron chi connectivity index (χ1n) is 6.64. The van der Waals surface area contributed by atoms with E-state index in [0.29, 0.717) is 12.0 Å². The van der Waals surface area contributed by atoms with E-state index in [1.54, 1.807) is 11.3 Å². The normalized spacial score (nSPS) is 23.8. The first-order valence-corrected chi connectivity index (χ1v) is 7.58. The van der Waals surface area contributed by atoms with Gasteiger partial charge in [0.1, 0.15) is 0 Å². The summed E-state index contributed by atoms with van der Waals surface area (Å²) in [7, 11) is 0. The Labute approximate surface area is 107 Å². The Hall–Kier alpha value is -0.830. The molecule has 0 radical (unpaired) electrons. The summed E-state index contributed by atoms with van der Waals surface area (Å²) in [6.07, 6.45) is 7.52. The highest BCUT2D eigenvalue weighted by Crippen LogP contribution is 2.30. The minimum atomic E-state index is 0.111. The van der Waals surface area contributed by atoms with Crippen molar-refractivity contribution in [2.45, 2.75) is 51.5 Å². The average molecular weight is 251 g/mol. The van der Waals surface area contributed by atoms with Gasteiger partial charge in [0.2, 0.25) is 0 Å². The summed E-state index contributed by atoms with van der Waals surface area (Å²) in [5.41, 5.74) is 0.816. The number of hydrogen-bond acceptors (Lipinski definition) is 2. The Bertz CT molecular complexity index is 347. The van der Waals surface area contributed by atoms with Crippen molar-refractivity contribution in [3.05, 3.63) is 22.4 Å². The van der Waals surface area contributed by atoms with E-state index in [0.717, 1.165) is 12.0 Å². The molecule has 2 rings (SSSR count). The second kappa shape index (κ2) is 6.20. The Morgan fingerprint density at radius 2 is 2.41 bits per heavy atom. The van der Waals surface area contributed by atoms with E-state index in [2.05, 4.69) is 12.2 Å². The molecule has 1 heterocycles. The summed E-state index contributed by atoms with van der Waals surface area (Å²) < 4.78 is 0. The van der Waals surface area contributed by atoms with Gasteiger partial charge in [0.05, 0.1) is 0 Å². The standard InChI is InChI=1S/C14H21NOS/c1-2-3-5-11-6-4-7-13(11)15-14(16)12-8-9-17-10-12/h8-11,13H,2-7H2,1H3,(H,15,16). The Balaban J connectivity index is 1.87. The molecule has 17 heavy (non-hydrogen) atoms. The van der Waals surface area contributed by atoms with Gasteiger partial charge in [-0.05, 0) is 36.6 Å². The topological polar surface area (TPSA) is 29.1 Å². The van der Waals surface area contributed by atoms with Crippen LogP contribution in [0.1, 0.15) is 55.8 Å². The van der Waals surface area contributed by atoms with Crippen LogP contribution in [0.2, 0.25) is 0 Å². The van der Waals surface area contributed by atoms with Crippen molar-refractivity contribution in [1.82, 2.24) is 5.32 Å². The largest absolute Gasteiger partial charge is 0.349 e. The molecule has 0 saturated heterocycles. The van der Waals surface area contributed by atoms with E-state index < -0.39 is 0 Å². The van der Waals surface area contributed by atoms with Crippen LogP contribution in [0.25, 0.3) is 0 Å². The van der Waals surface area contributed by atoms with Crippen molar-refractivity contribution in [2.24, 2.45) is 5.92 Å². The first kappa shape index (κ1) is 12.6. The molecule has 1 N–H and O–H groups in total. The van der Waals surface area contributed by atoms with Gasteiger partial charge in [-0.15, -0.1) is 0 Å². The lowest BCUT2D eigenvalue weighted by Gasteiger charge is -2.20. The van der Waals surface area contributed by atoms with Gasteiger partial charge in [-0.25, -0.2) is 0 Å². The molecule has 1 fully saturated rings. The van der Waals surface area contributed by atoms with Gasteiger partial charge in [0.25, 0.3) is 5.91 Å². The number of carbonyl (C=O) groups excluding carboxylic acids is 1. The number of thiophene rings is 1. The monoisotopic (exact) mass is 251 g/mol. The summed E-state index contributed by atoms with van der Waals surface area (Å²) in [6.45, 7) is 2.23. The predicted octanol–water partition coefficient (Wildman–Crippen LogP) is 3.84. The third kappa shape index (κ3) is 3.32. The molecule has 1 aromatic heterocycles. The molecule has 1 aliphatic carbocycles. The molecule has 1 saturated carbocycles. The van der Waals surface area contributed by atoms with Crippen molar-refractivity contribution >= 4 is 17.2 Å². The molecule has 2 unspecified atom stereocenters. The molecule has 0 spiro atoms. The summed E-state index contributed by atoms with van der Waals surface area (Å²) in [4.78, 5) is 12.0. The maximum atomic E-state index is 12.0. The third-order valence-corrected chi connectivity index (χ3v) is 4.37. The van der Waals surface area contributed by atoms with E-state index in [-0.39, 0.29) is 5.91 Å². The van der Waals surface area contributed by atoms with Gasteiger partial charge in [-0.2, -0.15) is 11.3 Å². The molecule has 0 aliphatic heterocycles. The van der Waals surface area contributed by atoms with Crippen molar-refractivity contribution < 1.29 is 4.79 Å². The highest BCUT2D eigenvalue weighted by atomic mass is 32.1. The lowest BCUT2D eigenvalue weighted by Crippen LogP contribution is -2.37. The molecule has 3 heteroatoms. The van der Waals surface area contributed by atoms with Crippen LogP contribution in [0.5, 0.6) is 0 Å². The van der Waals surface area contributed by atoms with Crippen molar-refractivity contribution in [3.63, 3.8) is 0 Å². The smallest absolute Gasteiger partial charge is 0.252 e. The minimum absolute atomic E-state index is 0.111. The maximum Gasteiger partial charge on any atom is 0.252 e. The summed E-state index contributed by atoms with van der Waals surface area (Å²) >= 11 is 1.58. The van der Waals surface area contributed by atoms with Gasteiger partial charge in [-0.1, -0.05) is 26.2 Å². The highest BCUT2D eigenvalue weighted by Gasteiger charge is 2.28. The Kier molecular flexibility index (Phi) is 4.60. The van der Waals surface area contributed by atoms with Crippen LogP contribution in [0.4, 0.5) is 0 Å². The van der Waals surface area contributed by atoms with Crippen LogP contribution in [0.3, 0.4) is 0 Å². The number of unbranched alkanes of at least 4 members (excludes halogenated alkanes) is 1. The molecule has 1 amide bonds. The Morgan fingerprint density at radius 1 is 1.53 bits per heavy atom. The zero-order chi connectivity index (χ0) is 12.1. The molecular weight excluding hydrogens is 230 g/mol. The van der Waals surface area contributed by atoms with E-state index in [4.69, 9.17) is 0 Å². The van der Waals surface area contributed by atoms with Gasteiger partial charge in [-0.3, -0.25) is 4.79 Å². The van der Waals surface area contributed by atoms with Crippen LogP contribution in [-0.4, -0.2) is 11.9 Å². The predicted molar refractivity (Wildman–Crippen MR) is 72.4 cm³/mol. The second-order valence-corrected chi connectivity index (χ2v) is 5.71. The van der Waals surface area contributed by atoms with Crippen LogP contribution in [0.15, 0.2) is 16.8 Å². The van der Waals surface area contributed by atoms with E-state index in [9.17, 15) is 4.79 Å². The quantitative estimate of drug-likeness (QED) is 0.846. The molecule has 2 nitrogen and oxygen atoms in total. The molecule has 94 valence electrons. The van der Waals surface area contributed by atoms with Crippen molar-refractivity contribution in [2.75, 3.05) is 0 Å². The Morgan fingerprint density at radius 3 is 3.12 bits per heavy atom. The van der Waals surface area contributed by atoms with Gasteiger partial charge in [0.15, 0.2) is 0 Å². The number of carbonyl (C=O) groups is 1. The molecule has 2 atom stereocenters. The summed E-state index contributed by atoms with van der Waals surface area (Å²) in [5, 5.41) is 7.09. The number of hydrogen-bond donors (Lipinski definition) is 1. The molecule has 1 aromatic rings. The fourth-order valence-corrected chi connectivity index (χ4v) is 3.32. The van der Waals surface area contributed by atoms with Crippen LogP contribution in [-0.2, 0) is 0 Å². The zero-order valence-electron chi connectivity index (χ0n) is 10.4. The second-order valence-electron chi connectivity index (χ2n) is 4.93. The van der Waals surface area contributed by atoms with Crippen molar-refractivity contribution in [1.29, 1.82) is 0 Å². The van der Waals surface area contributed by atoms with Gasteiger partial charge >= 0.3 is 0 Å². The lowest BCUT2D eigenvalue weighted by molar-refractivity contribution is 0.0927. The molecule has 1 aliphatic rings. The van der Waals surface area contributed by atoms with Crippen LogP contribution < -0.4 is 5.32 Å². The van der Waals surface area contributed by atoms with E-state index in [1.807, 2.05) is 16.8 Å². The van der Waals surface area contributed by atoms with Crippen LogP contribution in [0, 0.1) is 5.92 Å². The number of amides is 1. The van der Waals surface area contributed by atoms with Crippen LogP contribution >= 0.6 is 11.3 Å². The van der Waals surface area contributed by atoms with Gasteiger partial charge in [0, 0.05) is 17.0 Å². The zero-order valence-corrected chi connectivity index (χ0v) is 11.3. The maximum absolute atomic E-state index is 12.0. The average Bonchev–Trinajstić information content (AvgIpc) is 2.97. The highest BCUT2D eigenvalue weighted by molar-refractivity contribution is 7.08. The minimum Gasteiger partial charge on any atom is -0.349 e. The third-order valence-electron chi connectivity index (χ3n) is 3.69. The van der Waals surface area contributed by atoms with Crippen molar-refractivity contribution in [3.8, 4) is 0 Å². The SMILES string of the molecule is CCCCC1CCCC1NC(=O)c1ccsc1. The fraction of sp³-hybridized carbons (Fsp3) is 0.643. The number of nitrogens with one attached hydrogen (secondary N) is 1. The lowest BCUT2D eigenvalue weighted by atomic mass is 9.96. The number of rotatable bonds is 5.